The van der Waals surface area contributed by atoms with Gasteiger partial charge in [-0.1, -0.05) is 0 Å². The minimum atomic E-state index is -1.58. The molecule has 0 spiro atoms. The highest BCUT2D eigenvalue weighted by molar-refractivity contribution is 6.04. The van der Waals surface area contributed by atoms with Crippen LogP contribution in [0.4, 0.5) is 17.1 Å². The summed E-state index contributed by atoms with van der Waals surface area (Å²) in [7, 11) is 0. The summed E-state index contributed by atoms with van der Waals surface area (Å²) >= 11 is 0. The van der Waals surface area contributed by atoms with Crippen molar-refractivity contribution in [3.63, 3.8) is 0 Å². The van der Waals surface area contributed by atoms with Crippen LogP contribution in [0.1, 0.15) is 22.0 Å². The molecule has 1 atom stereocenters. The van der Waals surface area contributed by atoms with E-state index in [1.54, 1.807) is 0 Å². The standard InChI is InChI=1S/C14H11N3O6/c15-12-7-10(17(22)23)5-6-11(12)14(19)13(18)8-1-3-9(4-2-8)16(20)21/h1-7,13,18H,15H2. The van der Waals surface area contributed by atoms with Gasteiger partial charge in [-0.2, -0.15) is 0 Å². The molecule has 9 heteroatoms. The van der Waals surface area contributed by atoms with E-state index in [4.69, 9.17) is 5.73 Å². The van der Waals surface area contributed by atoms with Crippen LogP contribution >= 0.6 is 0 Å². The van der Waals surface area contributed by atoms with Gasteiger partial charge >= 0.3 is 0 Å². The number of nitro benzene ring substituents is 2. The summed E-state index contributed by atoms with van der Waals surface area (Å²) in [4.78, 5) is 32.2. The lowest BCUT2D eigenvalue weighted by molar-refractivity contribution is -0.385. The first-order valence-corrected chi connectivity index (χ1v) is 6.32. The predicted molar refractivity (Wildman–Crippen MR) is 79.9 cm³/mol. The fourth-order valence-corrected chi connectivity index (χ4v) is 1.97. The van der Waals surface area contributed by atoms with Crippen LogP contribution in [0.25, 0.3) is 0 Å². The second kappa shape index (κ2) is 6.20. The van der Waals surface area contributed by atoms with Crippen molar-refractivity contribution in [2.45, 2.75) is 6.10 Å². The molecular formula is C14H11N3O6. The molecule has 2 aromatic carbocycles. The lowest BCUT2D eigenvalue weighted by Crippen LogP contribution is -2.14. The van der Waals surface area contributed by atoms with E-state index in [2.05, 4.69) is 0 Å². The summed E-state index contributed by atoms with van der Waals surface area (Å²) in [6.07, 6.45) is -1.58. The Morgan fingerprint density at radius 2 is 1.52 bits per heavy atom. The van der Waals surface area contributed by atoms with Crippen LogP contribution in [0, 0.1) is 20.2 Å². The highest BCUT2D eigenvalue weighted by atomic mass is 16.6. The van der Waals surface area contributed by atoms with E-state index in [0.29, 0.717) is 0 Å². The normalized spacial score (nSPS) is 11.7. The van der Waals surface area contributed by atoms with Crippen molar-refractivity contribution in [3.8, 4) is 0 Å². The Bertz CT molecular complexity index is 788. The molecule has 0 radical (unpaired) electrons. The summed E-state index contributed by atoms with van der Waals surface area (Å²) in [5, 5.41) is 31.3. The number of rotatable bonds is 5. The van der Waals surface area contributed by atoms with E-state index in [0.717, 1.165) is 30.3 Å². The second-order valence-corrected chi connectivity index (χ2v) is 4.64. The third-order valence-corrected chi connectivity index (χ3v) is 3.18. The number of aliphatic hydroxyl groups excluding tert-OH is 1. The molecule has 118 valence electrons. The molecule has 1 unspecified atom stereocenters. The lowest BCUT2D eigenvalue weighted by atomic mass is 9.98. The zero-order chi connectivity index (χ0) is 17.1. The Hall–Kier alpha value is -3.33. The third-order valence-electron chi connectivity index (χ3n) is 3.18. The number of benzene rings is 2. The molecule has 9 nitrogen and oxygen atoms in total. The summed E-state index contributed by atoms with van der Waals surface area (Å²) in [5.41, 5.74) is 5.11. The maximum absolute atomic E-state index is 12.2. The average molecular weight is 317 g/mol. The van der Waals surface area contributed by atoms with Gasteiger partial charge in [0.25, 0.3) is 11.4 Å². The number of hydrogen-bond acceptors (Lipinski definition) is 7. The van der Waals surface area contributed by atoms with Crippen molar-refractivity contribution in [1.29, 1.82) is 0 Å². The molecule has 0 aliphatic heterocycles. The summed E-state index contributed by atoms with van der Waals surface area (Å²) in [5.74, 6) is -0.758. The average Bonchev–Trinajstić information content (AvgIpc) is 2.53. The van der Waals surface area contributed by atoms with Crippen molar-refractivity contribution < 1.29 is 19.7 Å². The highest BCUT2D eigenvalue weighted by Gasteiger charge is 2.23. The molecule has 0 saturated carbocycles. The quantitative estimate of drug-likeness (QED) is 0.370. The van der Waals surface area contributed by atoms with Gasteiger partial charge in [-0.25, -0.2) is 0 Å². The topological polar surface area (TPSA) is 150 Å². The number of carbonyl (C=O) groups is 1. The molecular weight excluding hydrogens is 306 g/mol. The molecule has 0 aliphatic rings. The van der Waals surface area contributed by atoms with Gasteiger partial charge in [-0.3, -0.25) is 25.0 Å². The van der Waals surface area contributed by atoms with Crippen molar-refractivity contribution in [2.75, 3.05) is 5.73 Å². The molecule has 0 aliphatic carbocycles. The first-order valence-electron chi connectivity index (χ1n) is 6.32. The van der Waals surface area contributed by atoms with E-state index in [-0.39, 0.29) is 28.2 Å². The van der Waals surface area contributed by atoms with Gasteiger partial charge in [0, 0.05) is 35.5 Å². The Morgan fingerprint density at radius 1 is 1.00 bits per heavy atom. The highest BCUT2D eigenvalue weighted by Crippen LogP contribution is 2.26. The zero-order valence-electron chi connectivity index (χ0n) is 11.6. The van der Waals surface area contributed by atoms with Crippen molar-refractivity contribution >= 4 is 22.8 Å². The van der Waals surface area contributed by atoms with E-state index in [1.165, 1.54) is 12.1 Å². The van der Waals surface area contributed by atoms with Crippen LogP contribution in [0.3, 0.4) is 0 Å². The number of aliphatic hydroxyl groups is 1. The monoisotopic (exact) mass is 317 g/mol. The molecule has 0 amide bonds. The number of hydrogen-bond donors (Lipinski definition) is 2. The smallest absolute Gasteiger partial charge is 0.271 e. The van der Waals surface area contributed by atoms with Gasteiger partial charge < -0.3 is 10.8 Å². The number of nitro groups is 2. The molecule has 0 saturated heterocycles. The SMILES string of the molecule is Nc1cc([N+](=O)[O-])ccc1C(=O)C(O)c1ccc([N+](=O)[O-])cc1. The predicted octanol–water partition coefficient (Wildman–Crippen LogP) is 2.00. The first kappa shape index (κ1) is 16.0. The minimum Gasteiger partial charge on any atom is -0.398 e. The fraction of sp³-hybridized carbons (Fsp3) is 0.0714. The molecule has 2 rings (SSSR count). The zero-order valence-corrected chi connectivity index (χ0v) is 11.6. The summed E-state index contributed by atoms with van der Waals surface area (Å²) in [6.45, 7) is 0. The third kappa shape index (κ3) is 3.30. The van der Waals surface area contributed by atoms with Gasteiger partial charge in [0.2, 0.25) is 0 Å². The molecule has 23 heavy (non-hydrogen) atoms. The molecule has 0 heterocycles. The number of nitrogen functional groups attached to an aromatic ring is 1. The number of Topliss-reactive ketones (excluding diaryl/α,β-unsaturated/α-hetero) is 1. The van der Waals surface area contributed by atoms with Crippen LogP contribution in [0.15, 0.2) is 42.5 Å². The van der Waals surface area contributed by atoms with Gasteiger partial charge in [0.1, 0.15) is 6.10 Å². The summed E-state index contributed by atoms with van der Waals surface area (Å²) < 4.78 is 0. The number of nitrogens with zero attached hydrogens (tertiary/aromatic N) is 2. The number of ketones is 1. The number of non-ortho nitro benzene ring substituents is 2. The van der Waals surface area contributed by atoms with Gasteiger partial charge in [0.05, 0.1) is 9.85 Å². The van der Waals surface area contributed by atoms with E-state index in [1.807, 2.05) is 0 Å². The van der Waals surface area contributed by atoms with E-state index >= 15 is 0 Å². The lowest BCUT2D eigenvalue weighted by Gasteiger charge is -2.11. The number of nitrogens with two attached hydrogens (primary N) is 1. The molecule has 3 N–H and O–H groups in total. The van der Waals surface area contributed by atoms with Crippen LogP contribution in [-0.4, -0.2) is 20.7 Å². The van der Waals surface area contributed by atoms with Crippen molar-refractivity contribution in [2.24, 2.45) is 0 Å². The second-order valence-electron chi connectivity index (χ2n) is 4.64. The van der Waals surface area contributed by atoms with Crippen LogP contribution in [-0.2, 0) is 0 Å². The Morgan fingerprint density at radius 3 is 2.00 bits per heavy atom. The number of carbonyl (C=O) groups excluding carboxylic acids is 1. The maximum atomic E-state index is 12.2. The van der Waals surface area contributed by atoms with E-state index in [9.17, 15) is 30.1 Å². The van der Waals surface area contributed by atoms with Gasteiger partial charge in [-0.05, 0) is 23.8 Å². The Balaban J connectivity index is 2.29. The molecule has 0 bridgehead atoms. The minimum absolute atomic E-state index is 0.0681. The van der Waals surface area contributed by atoms with Crippen molar-refractivity contribution in [3.05, 3.63) is 73.8 Å². The van der Waals surface area contributed by atoms with Crippen LogP contribution in [0.5, 0.6) is 0 Å². The van der Waals surface area contributed by atoms with Crippen LogP contribution < -0.4 is 5.73 Å². The van der Waals surface area contributed by atoms with E-state index < -0.39 is 21.7 Å². The Labute approximate surface area is 129 Å². The molecule has 0 fully saturated rings. The van der Waals surface area contributed by atoms with Gasteiger partial charge in [-0.15, -0.1) is 0 Å². The van der Waals surface area contributed by atoms with Crippen LogP contribution in [0.2, 0.25) is 0 Å². The molecule has 0 aromatic heterocycles. The summed E-state index contributed by atoms with van der Waals surface area (Å²) in [6, 6.07) is 8.10. The maximum Gasteiger partial charge on any atom is 0.271 e. The molecule has 2 aromatic rings. The van der Waals surface area contributed by atoms with Crippen molar-refractivity contribution in [1.82, 2.24) is 0 Å². The number of anilines is 1. The largest absolute Gasteiger partial charge is 0.398 e. The first-order chi connectivity index (χ1) is 10.8. The van der Waals surface area contributed by atoms with Gasteiger partial charge in [0.15, 0.2) is 5.78 Å². The Kier molecular flexibility index (Phi) is 4.32. The fourth-order valence-electron chi connectivity index (χ4n) is 1.97.